The van der Waals surface area contributed by atoms with E-state index in [1.165, 1.54) is 0 Å². The van der Waals surface area contributed by atoms with E-state index < -0.39 is 5.54 Å². The van der Waals surface area contributed by atoms with Gasteiger partial charge in [0.15, 0.2) is 5.89 Å². The van der Waals surface area contributed by atoms with Crippen LogP contribution in [0.25, 0.3) is 11.3 Å². The number of aryl methyl sites for hydroxylation is 1. The number of amides is 2. The third-order valence-electron chi connectivity index (χ3n) is 7.23. The highest BCUT2D eigenvalue weighted by atomic mass is 16.5. The first-order valence-electron chi connectivity index (χ1n) is 12.2. The van der Waals surface area contributed by atoms with Gasteiger partial charge in [0.25, 0.3) is 5.91 Å². The van der Waals surface area contributed by atoms with Crippen molar-refractivity contribution in [1.82, 2.24) is 15.2 Å². The number of carbonyl (C=O) groups is 2. The van der Waals surface area contributed by atoms with Gasteiger partial charge in [0.1, 0.15) is 17.0 Å². The lowest BCUT2D eigenvalue weighted by Crippen LogP contribution is -2.42. The molecule has 0 spiro atoms. The largest absolute Gasteiger partial charge is 0.445 e. The number of nitriles is 1. The van der Waals surface area contributed by atoms with Gasteiger partial charge in [0.05, 0.1) is 19.3 Å². The maximum atomic E-state index is 13.1. The second kappa shape index (κ2) is 9.22. The van der Waals surface area contributed by atoms with Crippen molar-refractivity contribution in [2.24, 2.45) is 5.92 Å². The van der Waals surface area contributed by atoms with Gasteiger partial charge in [-0.3, -0.25) is 9.59 Å². The molecule has 2 aliphatic carbocycles. The molecule has 34 heavy (non-hydrogen) atoms. The zero-order valence-corrected chi connectivity index (χ0v) is 19.5. The Morgan fingerprint density at radius 2 is 1.85 bits per heavy atom. The average Bonchev–Trinajstić information content (AvgIpc) is 3.55. The first-order valence-corrected chi connectivity index (χ1v) is 12.2. The van der Waals surface area contributed by atoms with Crippen molar-refractivity contribution < 1.29 is 18.7 Å². The molecular weight excluding hydrogens is 432 g/mol. The molecule has 2 amide bonds. The number of ether oxygens (including phenoxy) is 1. The van der Waals surface area contributed by atoms with E-state index in [2.05, 4.69) is 16.4 Å². The van der Waals surface area contributed by atoms with Crippen LogP contribution in [0.4, 0.5) is 0 Å². The highest BCUT2D eigenvalue weighted by Crippen LogP contribution is 2.43. The lowest BCUT2D eigenvalue weighted by molar-refractivity contribution is -0.127. The van der Waals surface area contributed by atoms with Crippen molar-refractivity contribution >= 4 is 11.8 Å². The van der Waals surface area contributed by atoms with Gasteiger partial charge in [0.2, 0.25) is 5.91 Å². The number of nitrogens with zero attached hydrogens (tertiary/aromatic N) is 3. The molecule has 2 atom stereocenters. The van der Waals surface area contributed by atoms with Gasteiger partial charge in [-0.15, -0.1) is 0 Å². The van der Waals surface area contributed by atoms with E-state index >= 15 is 0 Å². The molecule has 1 aromatic heterocycles. The third-order valence-corrected chi connectivity index (χ3v) is 7.23. The lowest BCUT2D eigenvalue weighted by Gasteiger charge is -2.30. The summed E-state index contributed by atoms with van der Waals surface area (Å²) in [5.74, 6) is 0.893. The Kier molecular flexibility index (Phi) is 6.13. The van der Waals surface area contributed by atoms with Crippen molar-refractivity contribution in [3.05, 3.63) is 41.5 Å². The lowest BCUT2D eigenvalue weighted by atomic mass is 9.76. The minimum atomic E-state index is -0.678. The monoisotopic (exact) mass is 462 g/mol. The summed E-state index contributed by atoms with van der Waals surface area (Å²) < 4.78 is 11.4. The molecule has 3 fully saturated rings. The Balaban J connectivity index is 1.38. The number of aromatic nitrogens is 1. The Morgan fingerprint density at radius 3 is 2.53 bits per heavy atom. The van der Waals surface area contributed by atoms with Gasteiger partial charge < -0.3 is 19.4 Å². The van der Waals surface area contributed by atoms with Gasteiger partial charge in [-0.05, 0) is 37.8 Å². The molecule has 178 valence electrons. The number of carbonyl (C=O) groups excluding carboxylic acids is 2. The van der Waals surface area contributed by atoms with Crippen LogP contribution < -0.4 is 5.32 Å². The van der Waals surface area contributed by atoms with Crippen LogP contribution in [0.15, 0.2) is 28.7 Å². The zero-order chi connectivity index (χ0) is 23.7. The molecule has 0 bridgehead atoms. The maximum absolute atomic E-state index is 13.1. The van der Waals surface area contributed by atoms with Gasteiger partial charge in [-0.2, -0.15) is 5.26 Å². The predicted molar refractivity (Wildman–Crippen MR) is 124 cm³/mol. The fraction of sp³-hybridized carbons (Fsp3) is 0.538. The van der Waals surface area contributed by atoms with Gasteiger partial charge >= 0.3 is 0 Å². The molecule has 1 aliphatic heterocycles. The topological polar surface area (TPSA) is 108 Å². The number of nitrogens with one attached hydrogen (secondary N) is 1. The molecule has 2 aromatic rings. The van der Waals surface area contributed by atoms with Crippen molar-refractivity contribution in [3.8, 4) is 17.3 Å². The SMILES string of the molecule is Cc1nc(-c2ccc(C(=O)N3CCOCC3)cc2)c(C2CCCCC2C(=O)NC2(C#N)CC2)o1. The summed E-state index contributed by atoms with van der Waals surface area (Å²) in [6, 6.07) is 9.72. The van der Waals surface area contributed by atoms with E-state index in [0.29, 0.717) is 37.8 Å². The molecule has 1 N–H and O–H groups in total. The molecule has 5 rings (SSSR count). The maximum Gasteiger partial charge on any atom is 0.254 e. The Hall–Kier alpha value is -3.18. The smallest absolute Gasteiger partial charge is 0.254 e. The zero-order valence-electron chi connectivity index (χ0n) is 19.5. The first kappa shape index (κ1) is 22.6. The Morgan fingerprint density at radius 1 is 1.15 bits per heavy atom. The second-order valence-corrected chi connectivity index (χ2v) is 9.61. The molecule has 1 saturated heterocycles. The number of rotatable bonds is 5. The molecule has 2 saturated carbocycles. The summed E-state index contributed by atoms with van der Waals surface area (Å²) >= 11 is 0. The molecule has 1 aromatic carbocycles. The number of benzene rings is 1. The Bertz CT molecular complexity index is 1110. The molecule has 8 nitrogen and oxygen atoms in total. The minimum absolute atomic E-state index is 0.00178. The number of hydrogen-bond acceptors (Lipinski definition) is 6. The first-order chi connectivity index (χ1) is 16.5. The van der Waals surface area contributed by atoms with Gasteiger partial charge in [-0.1, -0.05) is 25.0 Å². The molecule has 2 heterocycles. The van der Waals surface area contributed by atoms with Crippen LogP contribution in [0.5, 0.6) is 0 Å². The normalized spacial score (nSPS) is 23.7. The summed E-state index contributed by atoms with van der Waals surface area (Å²) in [5.41, 5.74) is 1.55. The molecule has 0 radical (unpaired) electrons. The van der Waals surface area contributed by atoms with Crippen LogP contribution >= 0.6 is 0 Å². The standard InChI is InChI=1S/C26H30N4O4/c1-17-28-22(18-6-8-19(9-7-18)25(32)30-12-14-33-15-13-30)23(34-17)20-4-2-3-5-21(20)24(31)29-26(16-27)10-11-26/h6-9,20-21H,2-5,10-15H2,1H3,(H,29,31). The highest BCUT2D eigenvalue weighted by molar-refractivity contribution is 5.94. The van der Waals surface area contributed by atoms with Gasteiger partial charge in [-0.25, -0.2) is 4.98 Å². The minimum Gasteiger partial charge on any atom is -0.445 e. The summed E-state index contributed by atoms with van der Waals surface area (Å²) in [6.45, 7) is 4.15. The average molecular weight is 463 g/mol. The van der Waals surface area contributed by atoms with Crippen molar-refractivity contribution in [3.63, 3.8) is 0 Å². The van der Waals surface area contributed by atoms with Gasteiger partial charge in [0, 0.05) is 43.0 Å². The van der Waals surface area contributed by atoms with Crippen molar-refractivity contribution in [2.75, 3.05) is 26.3 Å². The number of oxazole rings is 1. The van der Waals surface area contributed by atoms with Crippen LogP contribution in [0, 0.1) is 24.2 Å². The van der Waals surface area contributed by atoms with Crippen molar-refractivity contribution in [2.45, 2.75) is 56.9 Å². The van der Waals surface area contributed by atoms with Crippen molar-refractivity contribution in [1.29, 1.82) is 5.26 Å². The van der Waals surface area contributed by atoms with E-state index in [0.717, 1.165) is 55.5 Å². The number of hydrogen-bond donors (Lipinski definition) is 1. The summed E-state index contributed by atoms with van der Waals surface area (Å²) in [5, 5.41) is 12.4. The summed E-state index contributed by atoms with van der Waals surface area (Å²) in [7, 11) is 0. The van der Waals surface area contributed by atoms with E-state index in [9.17, 15) is 14.9 Å². The molecule has 2 unspecified atom stereocenters. The van der Waals surface area contributed by atoms with Crippen LogP contribution in [0.3, 0.4) is 0 Å². The van der Waals surface area contributed by atoms with Crippen LogP contribution in [0.1, 0.15) is 66.5 Å². The van der Waals surface area contributed by atoms with E-state index in [1.54, 1.807) is 0 Å². The van der Waals surface area contributed by atoms with E-state index in [4.69, 9.17) is 9.15 Å². The third kappa shape index (κ3) is 4.45. The van der Waals surface area contributed by atoms with Crippen LogP contribution in [-0.2, 0) is 9.53 Å². The predicted octanol–water partition coefficient (Wildman–Crippen LogP) is 3.57. The van der Waals surface area contributed by atoms with E-state index in [-0.39, 0.29) is 23.7 Å². The summed E-state index contributed by atoms with van der Waals surface area (Å²) in [4.78, 5) is 32.4. The molecule has 3 aliphatic rings. The molecular formula is C26H30N4O4. The fourth-order valence-corrected chi connectivity index (χ4v) is 5.10. The number of morpholine rings is 1. The molecule has 8 heteroatoms. The van der Waals surface area contributed by atoms with Crippen LogP contribution in [-0.4, -0.2) is 53.5 Å². The highest BCUT2D eigenvalue weighted by Gasteiger charge is 2.47. The quantitative estimate of drug-likeness (QED) is 0.728. The van der Waals surface area contributed by atoms with E-state index in [1.807, 2.05) is 36.1 Å². The summed E-state index contributed by atoms with van der Waals surface area (Å²) in [6.07, 6.45) is 5.04. The van der Waals surface area contributed by atoms with Crippen LogP contribution in [0.2, 0.25) is 0 Å². The Labute approximate surface area is 199 Å². The fourth-order valence-electron chi connectivity index (χ4n) is 5.10. The second-order valence-electron chi connectivity index (χ2n) is 9.61.